The van der Waals surface area contributed by atoms with Crippen LogP contribution in [0.1, 0.15) is 16.8 Å². The molecule has 7 heteroatoms. The first-order valence-electron chi connectivity index (χ1n) is 5.45. The van der Waals surface area contributed by atoms with Crippen molar-refractivity contribution in [2.75, 3.05) is 0 Å². The summed E-state index contributed by atoms with van der Waals surface area (Å²) in [6, 6.07) is 1.59. The van der Waals surface area contributed by atoms with Gasteiger partial charge in [-0.3, -0.25) is 10.4 Å². The van der Waals surface area contributed by atoms with Crippen LogP contribution in [0.4, 0.5) is 0 Å². The number of ether oxygens (including phenoxy) is 1. The zero-order valence-corrected chi connectivity index (χ0v) is 11.2. The van der Waals surface area contributed by atoms with Gasteiger partial charge in [-0.05, 0) is 19.4 Å². The number of nitrogens with two attached hydrogens (primary N) is 1. The van der Waals surface area contributed by atoms with Crippen LogP contribution in [0.25, 0.3) is 0 Å². The first-order valence-corrected chi connectivity index (χ1v) is 5.83. The highest BCUT2D eigenvalue weighted by molar-refractivity contribution is 6.30. The molecule has 2 aromatic heterocycles. The van der Waals surface area contributed by atoms with Crippen LogP contribution in [-0.4, -0.2) is 21.0 Å². The number of amidine groups is 1. The largest absolute Gasteiger partial charge is 0.435 e. The molecule has 0 aliphatic heterocycles. The van der Waals surface area contributed by atoms with Gasteiger partial charge in [0.25, 0.3) is 0 Å². The molecule has 0 fully saturated rings. The summed E-state index contributed by atoms with van der Waals surface area (Å²) >= 11 is 5.82. The monoisotopic (exact) mass is 277 g/mol. The molecule has 0 unspecified atom stereocenters. The maximum atomic E-state index is 7.61. The topological polar surface area (TPSA) is 97.8 Å². The molecule has 19 heavy (non-hydrogen) atoms. The Balaban J connectivity index is 2.46. The third-order valence-corrected chi connectivity index (χ3v) is 2.79. The van der Waals surface area contributed by atoms with Crippen LogP contribution >= 0.6 is 11.6 Å². The van der Waals surface area contributed by atoms with E-state index in [4.69, 9.17) is 27.5 Å². The summed E-state index contributed by atoms with van der Waals surface area (Å²) in [7, 11) is 0. The van der Waals surface area contributed by atoms with Crippen LogP contribution in [0, 0.1) is 19.3 Å². The quantitative estimate of drug-likeness (QED) is 0.662. The van der Waals surface area contributed by atoms with Gasteiger partial charge in [0.15, 0.2) is 0 Å². The highest BCUT2D eigenvalue weighted by atomic mass is 35.5. The number of hydrogen-bond acceptors (Lipinski definition) is 5. The number of nitrogens with one attached hydrogen (secondary N) is 1. The number of aromatic nitrogens is 3. The molecule has 98 valence electrons. The molecule has 0 spiro atoms. The number of rotatable bonds is 3. The minimum Gasteiger partial charge on any atom is -0.435 e. The molecular weight excluding hydrogens is 266 g/mol. The highest BCUT2D eigenvalue weighted by Crippen LogP contribution is 2.26. The van der Waals surface area contributed by atoms with E-state index in [9.17, 15) is 0 Å². The summed E-state index contributed by atoms with van der Waals surface area (Å²) in [4.78, 5) is 3.90. The van der Waals surface area contributed by atoms with E-state index in [0.717, 1.165) is 5.56 Å². The lowest BCUT2D eigenvalue weighted by atomic mass is 10.1. The molecule has 0 aliphatic carbocycles. The lowest BCUT2D eigenvalue weighted by Gasteiger charge is -2.11. The molecular formula is C12H12ClN5O. The zero-order valence-electron chi connectivity index (χ0n) is 10.4. The van der Waals surface area contributed by atoms with Gasteiger partial charge in [-0.1, -0.05) is 11.6 Å². The number of hydrogen-bond donors (Lipinski definition) is 2. The van der Waals surface area contributed by atoms with E-state index in [1.165, 1.54) is 12.4 Å². The second-order valence-electron chi connectivity index (χ2n) is 3.95. The third-order valence-electron chi connectivity index (χ3n) is 2.59. The van der Waals surface area contributed by atoms with Crippen LogP contribution in [-0.2, 0) is 0 Å². The molecule has 2 heterocycles. The van der Waals surface area contributed by atoms with Crippen molar-refractivity contribution in [3.63, 3.8) is 0 Å². The van der Waals surface area contributed by atoms with Gasteiger partial charge in [-0.2, -0.15) is 5.10 Å². The fraction of sp³-hybridized carbons (Fsp3) is 0.167. The third kappa shape index (κ3) is 2.79. The van der Waals surface area contributed by atoms with E-state index >= 15 is 0 Å². The van der Waals surface area contributed by atoms with Crippen molar-refractivity contribution in [1.29, 1.82) is 5.41 Å². The van der Waals surface area contributed by atoms with Crippen molar-refractivity contribution in [3.05, 3.63) is 40.3 Å². The standard InChI is InChI=1S/C12H12ClN5O/c1-6-7(2)17-18-12(10(6)11(14)15)19-9-3-8(13)4-16-5-9/h3-5H,1-2H3,(H3,14,15). The molecule has 0 saturated carbocycles. The lowest BCUT2D eigenvalue weighted by molar-refractivity contribution is 0.450. The van der Waals surface area contributed by atoms with Gasteiger partial charge >= 0.3 is 0 Å². The van der Waals surface area contributed by atoms with Crippen molar-refractivity contribution < 1.29 is 4.74 Å². The van der Waals surface area contributed by atoms with Crippen molar-refractivity contribution in [1.82, 2.24) is 15.2 Å². The van der Waals surface area contributed by atoms with Gasteiger partial charge in [0.2, 0.25) is 5.88 Å². The number of nitrogen functional groups attached to an aromatic ring is 1. The molecule has 0 aromatic carbocycles. The van der Waals surface area contributed by atoms with Gasteiger partial charge < -0.3 is 10.5 Å². The molecule has 0 atom stereocenters. The van der Waals surface area contributed by atoms with E-state index in [2.05, 4.69) is 15.2 Å². The second-order valence-corrected chi connectivity index (χ2v) is 4.38. The Bertz CT molecular complexity index is 644. The average molecular weight is 278 g/mol. The van der Waals surface area contributed by atoms with Crippen LogP contribution < -0.4 is 10.5 Å². The van der Waals surface area contributed by atoms with Gasteiger partial charge in [-0.15, -0.1) is 5.10 Å². The van der Waals surface area contributed by atoms with Crippen molar-refractivity contribution in [2.45, 2.75) is 13.8 Å². The van der Waals surface area contributed by atoms with Gasteiger partial charge in [0, 0.05) is 12.3 Å². The first kappa shape index (κ1) is 13.2. The van der Waals surface area contributed by atoms with Crippen LogP contribution in [0.3, 0.4) is 0 Å². The van der Waals surface area contributed by atoms with Crippen molar-refractivity contribution >= 4 is 17.4 Å². The minimum absolute atomic E-state index is 0.125. The van der Waals surface area contributed by atoms with Crippen molar-refractivity contribution in [2.24, 2.45) is 5.73 Å². The predicted octanol–water partition coefficient (Wildman–Crippen LogP) is 2.22. The molecule has 0 bridgehead atoms. The molecule has 0 amide bonds. The average Bonchev–Trinajstić information content (AvgIpc) is 2.33. The van der Waals surface area contributed by atoms with Gasteiger partial charge in [0.1, 0.15) is 11.6 Å². The van der Waals surface area contributed by atoms with Crippen molar-refractivity contribution in [3.8, 4) is 11.6 Å². The Morgan fingerprint density at radius 2 is 2.05 bits per heavy atom. The van der Waals surface area contributed by atoms with Crippen LogP contribution in [0.2, 0.25) is 5.02 Å². The Labute approximate surface area is 115 Å². The normalized spacial score (nSPS) is 10.3. The lowest BCUT2D eigenvalue weighted by Crippen LogP contribution is -2.16. The number of halogens is 1. The van der Waals surface area contributed by atoms with Crippen LogP contribution in [0.15, 0.2) is 18.5 Å². The second kappa shape index (κ2) is 5.19. The van der Waals surface area contributed by atoms with Gasteiger partial charge in [-0.25, -0.2) is 0 Å². The van der Waals surface area contributed by atoms with E-state index in [-0.39, 0.29) is 11.7 Å². The zero-order chi connectivity index (χ0) is 14.0. The van der Waals surface area contributed by atoms with E-state index in [1.807, 2.05) is 6.92 Å². The van der Waals surface area contributed by atoms with Gasteiger partial charge in [0.05, 0.1) is 22.5 Å². The number of pyridine rings is 1. The van der Waals surface area contributed by atoms with E-state index in [1.54, 1.807) is 13.0 Å². The molecule has 0 aliphatic rings. The summed E-state index contributed by atoms with van der Waals surface area (Å²) in [5.74, 6) is 0.452. The maximum absolute atomic E-state index is 7.61. The molecule has 0 saturated heterocycles. The Hall–Kier alpha value is -2.21. The predicted molar refractivity (Wildman–Crippen MR) is 71.8 cm³/mol. The smallest absolute Gasteiger partial charge is 0.250 e. The first-order chi connectivity index (χ1) is 8.99. The maximum Gasteiger partial charge on any atom is 0.250 e. The van der Waals surface area contributed by atoms with E-state index in [0.29, 0.717) is 22.0 Å². The van der Waals surface area contributed by atoms with E-state index < -0.39 is 0 Å². The SMILES string of the molecule is Cc1nnc(Oc2cncc(Cl)c2)c(C(=N)N)c1C. The minimum atomic E-state index is -0.125. The Morgan fingerprint density at radius 3 is 2.68 bits per heavy atom. The molecule has 2 rings (SSSR count). The Morgan fingerprint density at radius 1 is 1.32 bits per heavy atom. The summed E-state index contributed by atoms with van der Waals surface area (Å²) in [6.07, 6.45) is 2.99. The Kier molecular flexibility index (Phi) is 3.62. The van der Waals surface area contributed by atoms with Crippen LogP contribution in [0.5, 0.6) is 11.6 Å². The fourth-order valence-corrected chi connectivity index (χ4v) is 1.70. The summed E-state index contributed by atoms with van der Waals surface area (Å²) in [5, 5.41) is 15.9. The highest BCUT2D eigenvalue weighted by Gasteiger charge is 2.16. The fourth-order valence-electron chi connectivity index (χ4n) is 1.54. The number of nitrogens with zero attached hydrogens (tertiary/aromatic N) is 3. The summed E-state index contributed by atoms with van der Waals surface area (Å²) in [6.45, 7) is 3.60. The molecule has 6 nitrogen and oxygen atoms in total. The molecule has 3 N–H and O–H groups in total. The molecule has 0 radical (unpaired) electrons. The summed E-state index contributed by atoms with van der Waals surface area (Å²) < 4.78 is 5.55. The number of aryl methyl sites for hydroxylation is 1. The molecule has 2 aromatic rings. The summed E-state index contributed by atoms with van der Waals surface area (Å²) in [5.41, 5.74) is 7.44.